The van der Waals surface area contributed by atoms with Crippen LogP contribution in [-0.2, 0) is 11.2 Å². The van der Waals surface area contributed by atoms with E-state index in [1.165, 1.54) is 11.3 Å². The molecule has 4 nitrogen and oxygen atoms in total. The maximum Gasteiger partial charge on any atom is 0.305 e. The van der Waals surface area contributed by atoms with Crippen LogP contribution >= 0.6 is 0 Å². The Kier molecular flexibility index (Phi) is 4.07. The molecule has 98 valence electrons. The average molecular weight is 248 g/mol. The highest BCUT2D eigenvalue weighted by Gasteiger charge is 2.18. The van der Waals surface area contributed by atoms with E-state index < -0.39 is 5.97 Å². The molecule has 2 N–H and O–H groups in total. The number of carboxylic acid groups (broad SMARTS) is 1. The zero-order valence-corrected chi connectivity index (χ0v) is 10.8. The molecule has 1 aromatic rings. The predicted molar refractivity (Wildman–Crippen MR) is 73.4 cm³/mol. The molecule has 0 spiro atoms. The van der Waals surface area contributed by atoms with Gasteiger partial charge in [0.25, 0.3) is 0 Å². The van der Waals surface area contributed by atoms with Crippen molar-refractivity contribution in [2.24, 2.45) is 0 Å². The summed E-state index contributed by atoms with van der Waals surface area (Å²) in [6.45, 7) is 4.59. The summed E-state index contributed by atoms with van der Waals surface area (Å²) in [7, 11) is 0. The van der Waals surface area contributed by atoms with E-state index in [2.05, 4.69) is 35.3 Å². The second-order valence-electron chi connectivity index (χ2n) is 4.58. The molecule has 1 aliphatic heterocycles. The van der Waals surface area contributed by atoms with Gasteiger partial charge in [0.1, 0.15) is 0 Å². The number of rotatable bonds is 4. The van der Waals surface area contributed by atoms with Crippen LogP contribution in [0.25, 0.3) is 0 Å². The van der Waals surface area contributed by atoms with Crippen molar-refractivity contribution in [3.05, 3.63) is 23.8 Å². The summed E-state index contributed by atoms with van der Waals surface area (Å²) in [5.41, 5.74) is 3.61. The van der Waals surface area contributed by atoms with Gasteiger partial charge >= 0.3 is 5.97 Å². The minimum absolute atomic E-state index is 0.192. The van der Waals surface area contributed by atoms with E-state index in [4.69, 9.17) is 5.11 Å². The fraction of sp³-hybridized carbons (Fsp3) is 0.500. The van der Waals surface area contributed by atoms with E-state index in [0.29, 0.717) is 6.54 Å². The number of carboxylic acids is 1. The fourth-order valence-corrected chi connectivity index (χ4v) is 2.45. The number of aliphatic carboxylic acids is 1. The van der Waals surface area contributed by atoms with Crippen LogP contribution < -0.4 is 10.2 Å². The lowest BCUT2D eigenvalue weighted by Gasteiger charge is -2.26. The lowest BCUT2D eigenvalue weighted by molar-refractivity contribution is -0.136. The quantitative estimate of drug-likeness (QED) is 0.858. The first kappa shape index (κ1) is 12.7. The molecular weight excluding hydrogens is 228 g/mol. The third-order valence-corrected chi connectivity index (χ3v) is 3.33. The van der Waals surface area contributed by atoms with E-state index >= 15 is 0 Å². The number of hydrogen-bond donors (Lipinski definition) is 2. The molecule has 0 saturated heterocycles. The number of nitrogens with one attached hydrogen (secondary N) is 1. The van der Waals surface area contributed by atoms with Crippen molar-refractivity contribution in [3.63, 3.8) is 0 Å². The molecule has 0 aliphatic carbocycles. The number of nitrogens with zero attached hydrogens (tertiary/aromatic N) is 1. The Hall–Kier alpha value is -1.71. The summed E-state index contributed by atoms with van der Waals surface area (Å²) >= 11 is 0. The van der Waals surface area contributed by atoms with Crippen molar-refractivity contribution in [1.82, 2.24) is 0 Å². The van der Waals surface area contributed by atoms with Gasteiger partial charge in [-0.1, -0.05) is 19.1 Å². The summed E-state index contributed by atoms with van der Waals surface area (Å²) in [6.07, 6.45) is 2.20. The first-order chi connectivity index (χ1) is 8.72. The second kappa shape index (κ2) is 5.76. The van der Waals surface area contributed by atoms with Gasteiger partial charge in [0, 0.05) is 19.6 Å². The van der Waals surface area contributed by atoms with Gasteiger partial charge in [-0.05, 0) is 24.5 Å². The van der Waals surface area contributed by atoms with Crippen LogP contribution in [0.3, 0.4) is 0 Å². The maximum absolute atomic E-state index is 10.8. The van der Waals surface area contributed by atoms with E-state index in [1.807, 2.05) is 0 Å². The number of anilines is 2. The second-order valence-corrected chi connectivity index (χ2v) is 4.58. The van der Waals surface area contributed by atoms with Crippen LogP contribution in [0.5, 0.6) is 0 Å². The predicted octanol–water partition coefficient (Wildman–Crippen LogP) is 2.35. The first-order valence-electron chi connectivity index (χ1n) is 6.55. The van der Waals surface area contributed by atoms with Crippen LogP contribution in [0.15, 0.2) is 18.2 Å². The molecule has 0 unspecified atom stereocenters. The van der Waals surface area contributed by atoms with Gasteiger partial charge in [0.2, 0.25) is 0 Å². The van der Waals surface area contributed by atoms with Crippen LogP contribution in [-0.4, -0.2) is 30.7 Å². The Bertz CT molecular complexity index is 432. The molecule has 2 rings (SSSR count). The van der Waals surface area contributed by atoms with Crippen LogP contribution in [0, 0.1) is 0 Å². The number of carbonyl (C=O) groups is 1. The minimum Gasteiger partial charge on any atom is -0.481 e. The van der Waals surface area contributed by atoms with Crippen molar-refractivity contribution < 1.29 is 9.90 Å². The third kappa shape index (κ3) is 2.75. The van der Waals surface area contributed by atoms with Gasteiger partial charge in [0.05, 0.1) is 17.8 Å². The Balaban J connectivity index is 2.29. The normalized spacial score (nSPS) is 14.6. The van der Waals surface area contributed by atoms with Crippen molar-refractivity contribution in [2.45, 2.75) is 26.2 Å². The number of hydrogen-bond acceptors (Lipinski definition) is 3. The van der Waals surface area contributed by atoms with Crippen molar-refractivity contribution in [3.8, 4) is 0 Å². The monoisotopic (exact) mass is 248 g/mol. The van der Waals surface area contributed by atoms with Gasteiger partial charge in [-0.3, -0.25) is 4.79 Å². The molecule has 0 atom stereocenters. The lowest BCUT2D eigenvalue weighted by atomic mass is 10.1. The molecule has 0 amide bonds. The van der Waals surface area contributed by atoms with Gasteiger partial charge in [-0.25, -0.2) is 0 Å². The Morgan fingerprint density at radius 1 is 1.50 bits per heavy atom. The number of fused-ring (bicyclic) bond motifs is 1. The van der Waals surface area contributed by atoms with Gasteiger partial charge < -0.3 is 15.3 Å². The fourth-order valence-electron chi connectivity index (χ4n) is 2.45. The number of aryl methyl sites for hydroxylation is 1. The zero-order valence-electron chi connectivity index (χ0n) is 10.8. The summed E-state index contributed by atoms with van der Waals surface area (Å²) in [4.78, 5) is 13.0. The van der Waals surface area contributed by atoms with Gasteiger partial charge in [-0.15, -0.1) is 0 Å². The summed E-state index contributed by atoms with van der Waals surface area (Å²) in [6, 6.07) is 6.26. The summed E-state index contributed by atoms with van der Waals surface area (Å²) in [5.74, 6) is -0.734. The minimum atomic E-state index is -0.734. The average Bonchev–Trinajstić information content (AvgIpc) is 2.58. The zero-order chi connectivity index (χ0) is 13.0. The highest BCUT2D eigenvalue weighted by molar-refractivity contribution is 5.75. The topological polar surface area (TPSA) is 52.6 Å². The molecule has 0 saturated carbocycles. The Morgan fingerprint density at radius 2 is 2.33 bits per heavy atom. The van der Waals surface area contributed by atoms with E-state index in [9.17, 15) is 4.79 Å². The molecule has 0 radical (unpaired) electrons. The molecular formula is C14H20N2O2. The van der Waals surface area contributed by atoms with Crippen molar-refractivity contribution in [1.29, 1.82) is 0 Å². The van der Waals surface area contributed by atoms with E-state index in [-0.39, 0.29) is 6.42 Å². The van der Waals surface area contributed by atoms with Crippen molar-refractivity contribution in [2.75, 3.05) is 29.9 Å². The van der Waals surface area contributed by atoms with Gasteiger partial charge in [0.15, 0.2) is 0 Å². The molecule has 18 heavy (non-hydrogen) atoms. The molecule has 1 aromatic carbocycles. The lowest BCUT2D eigenvalue weighted by Crippen LogP contribution is -2.27. The Labute approximate surface area is 108 Å². The standard InChI is InChI=1S/C14H20N2O2/c1-2-11-5-3-6-12-14(11)16(9-4-8-15-12)10-7-13(17)18/h3,5-6,15H,2,4,7-10H2,1H3,(H,17,18). The molecule has 0 aromatic heterocycles. The van der Waals surface area contributed by atoms with Crippen LogP contribution in [0.4, 0.5) is 11.4 Å². The highest BCUT2D eigenvalue weighted by Crippen LogP contribution is 2.32. The molecule has 1 heterocycles. The number of para-hydroxylation sites is 1. The maximum atomic E-state index is 10.8. The highest BCUT2D eigenvalue weighted by atomic mass is 16.4. The van der Waals surface area contributed by atoms with E-state index in [0.717, 1.165) is 31.6 Å². The molecule has 0 fully saturated rings. The van der Waals surface area contributed by atoms with Gasteiger partial charge in [-0.2, -0.15) is 0 Å². The Morgan fingerprint density at radius 3 is 3.06 bits per heavy atom. The summed E-state index contributed by atoms with van der Waals surface area (Å²) < 4.78 is 0. The van der Waals surface area contributed by atoms with Crippen LogP contribution in [0.1, 0.15) is 25.3 Å². The SMILES string of the molecule is CCc1cccc2c1N(CCC(=O)O)CCCN2. The number of benzene rings is 1. The van der Waals surface area contributed by atoms with Crippen molar-refractivity contribution >= 4 is 17.3 Å². The molecule has 1 aliphatic rings. The third-order valence-electron chi connectivity index (χ3n) is 3.33. The van der Waals surface area contributed by atoms with Crippen LogP contribution in [0.2, 0.25) is 0 Å². The van der Waals surface area contributed by atoms with E-state index in [1.54, 1.807) is 0 Å². The largest absolute Gasteiger partial charge is 0.481 e. The molecule has 4 heteroatoms. The molecule has 0 bridgehead atoms. The first-order valence-corrected chi connectivity index (χ1v) is 6.55. The smallest absolute Gasteiger partial charge is 0.305 e. The summed E-state index contributed by atoms with van der Waals surface area (Å²) in [5, 5.41) is 12.3.